The lowest BCUT2D eigenvalue weighted by atomic mass is 10.0. The van der Waals surface area contributed by atoms with Crippen LogP contribution in [0.15, 0.2) is 59.4 Å². The number of tetrazole rings is 1. The van der Waals surface area contributed by atoms with E-state index in [0.717, 1.165) is 66.7 Å². The van der Waals surface area contributed by atoms with Gasteiger partial charge in [-0.05, 0) is 65.8 Å². The van der Waals surface area contributed by atoms with Gasteiger partial charge in [-0.1, -0.05) is 55.3 Å². The number of aromatic amines is 1. The third-order valence-corrected chi connectivity index (χ3v) is 6.95. The minimum absolute atomic E-state index is 0.0366. The third kappa shape index (κ3) is 5.55. The molecule has 2 atom stereocenters. The molecule has 1 aliphatic rings. The predicted molar refractivity (Wildman–Crippen MR) is 140 cm³/mol. The summed E-state index contributed by atoms with van der Waals surface area (Å²) in [6, 6.07) is 18.3. The molecule has 36 heavy (non-hydrogen) atoms. The van der Waals surface area contributed by atoms with Crippen molar-refractivity contribution in [2.24, 2.45) is 0 Å². The van der Waals surface area contributed by atoms with E-state index in [4.69, 9.17) is 4.74 Å². The van der Waals surface area contributed by atoms with E-state index in [-0.39, 0.29) is 17.7 Å². The van der Waals surface area contributed by atoms with E-state index in [1.54, 1.807) is 0 Å². The van der Waals surface area contributed by atoms with Crippen LogP contribution in [0.25, 0.3) is 10.9 Å². The highest BCUT2D eigenvalue weighted by atomic mass is 16.5. The molecule has 1 fully saturated rings. The Morgan fingerprint density at radius 1 is 1.19 bits per heavy atom. The first-order valence-electron chi connectivity index (χ1n) is 12.9. The molecule has 2 aromatic carbocycles. The highest BCUT2D eigenvalue weighted by Gasteiger charge is 2.30. The number of rotatable bonds is 10. The topological polar surface area (TPSA) is 88.9 Å². The van der Waals surface area contributed by atoms with Crippen LogP contribution in [-0.4, -0.2) is 49.3 Å². The predicted octanol–water partition coefficient (Wildman–Crippen LogP) is 4.39. The summed E-state index contributed by atoms with van der Waals surface area (Å²) in [6.07, 6.45) is 4.09. The summed E-state index contributed by atoms with van der Waals surface area (Å²) < 4.78 is 7.92. The molecule has 0 bridgehead atoms. The number of ether oxygens (including phenoxy) is 1. The summed E-state index contributed by atoms with van der Waals surface area (Å²) in [5, 5.41) is 13.9. The number of hydrogen-bond acceptors (Lipinski definition) is 6. The summed E-state index contributed by atoms with van der Waals surface area (Å²) in [7, 11) is 0. The van der Waals surface area contributed by atoms with E-state index < -0.39 is 0 Å². The second-order valence-corrected chi connectivity index (χ2v) is 9.76. The van der Waals surface area contributed by atoms with E-state index in [1.165, 1.54) is 5.56 Å². The Morgan fingerprint density at radius 3 is 2.83 bits per heavy atom. The number of aromatic nitrogens is 5. The molecule has 0 aliphatic carbocycles. The maximum Gasteiger partial charge on any atom is 0.252 e. The van der Waals surface area contributed by atoms with Crippen LogP contribution in [-0.2, 0) is 17.8 Å². The summed E-state index contributed by atoms with van der Waals surface area (Å²) in [4.78, 5) is 18.5. The Labute approximate surface area is 211 Å². The highest BCUT2D eigenvalue weighted by Crippen LogP contribution is 2.28. The molecule has 1 saturated heterocycles. The summed E-state index contributed by atoms with van der Waals surface area (Å²) >= 11 is 0. The fraction of sp³-hybridized carbons (Fsp3) is 0.429. The van der Waals surface area contributed by atoms with Crippen LogP contribution in [0.5, 0.6) is 0 Å². The molecular formula is C28H34N6O2. The summed E-state index contributed by atoms with van der Waals surface area (Å²) in [6.45, 7) is 6.87. The van der Waals surface area contributed by atoms with Crippen molar-refractivity contribution in [2.75, 3.05) is 13.2 Å². The second kappa shape index (κ2) is 11.1. The van der Waals surface area contributed by atoms with Gasteiger partial charge in [0.25, 0.3) is 5.56 Å². The van der Waals surface area contributed by atoms with Gasteiger partial charge >= 0.3 is 0 Å². The molecular weight excluding hydrogens is 452 g/mol. The molecule has 1 N–H and O–H groups in total. The quantitative estimate of drug-likeness (QED) is 0.358. The van der Waals surface area contributed by atoms with Gasteiger partial charge in [0.2, 0.25) is 0 Å². The third-order valence-electron chi connectivity index (χ3n) is 6.95. The Balaban J connectivity index is 1.50. The van der Waals surface area contributed by atoms with Crippen LogP contribution >= 0.6 is 0 Å². The van der Waals surface area contributed by atoms with Crippen molar-refractivity contribution in [1.29, 1.82) is 0 Å². The largest absolute Gasteiger partial charge is 0.377 e. The van der Waals surface area contributed by atoms with Gasteiger partial charge in [-0.15, -0.1) is 5.10 Å². The molecule has 0 amide bonds. The van der Waals surface area contributed by atoms with Gasteiger partial charge in [0.1, 0.15) is 0 Å². The van der Waals surface area contributed by atoms with Gasteiger partial charge in [-0.3, -0.25) is 9.69 Å². The molecule has 4 aromatic rings. The van der Waals surface area contributed by atoms with Crippen molar-refractivity contribution in [2.45, 2.75) is 64.8 Å². The first-order chi connectivity index (χ1) is 17.6. The van der Waals surface area contributed by atoms with E-state index in [9.17, 15) is 4.79 Å². The van der Waals surface area contributed by atoms with Crippen LogP contribution < -0.4 is 5.56 Å². The van der Waals surface area contributed by atoms with Gasteiger partial charge in [-0.2, -0.15) is 0 Å². The van der Waals surface area contributed by atoms with E-state index in [1.807, 2.05) is 41.1 Å². The maximum absolute atomic E-state index is 13.1. The van der Waals surface area contributed by atoms with Crippen molar-refractivity contribution in [3.63, 3.8) is 0 Å². The smallest absolute Gasteiger partial charge is 0.252 e. The fourth-order valence-corrected chi connectivity index (χ4v) is 5.13. The molecule has 8 nitrogen and oxygen atoms in total. The molecule has 188 valence electrons. The number of H-pyrrole nitrogens is 1. The standard InChI is InChI=1S/C28H34N6O2/c1-3-8-26(27-30-31-32-34(27)17-21-9-5-4-6-10-21)33(19-24-11-7-14-36-24)18-23-16-22-15-20(2)12-13-25(22)29-28(23)35/h4-6,9-10,12-13,15-16,24,26H,3,7-8,11,14,17-19H2,1-2H3,(H,29,35)/t24-,26+/m1/s1. The zero-order valence-corrected chi connectivity index (χ0v) is 21.1. The van der Waals surface area contributed by atoms with Crippen molar-refractivity contribution in [3.05, 3.63) is 87.5 Å². The molecule has 1 aliphatic heterocycles. The monoisotopic (exact) mass is 486 g/mol. The number of benzene rings is 2. The van der Waals surface area contributed by atoms with Gasteiger partial charge < -0.3 is 9.72 Å². The van der Waals surface area contributed by atoms with Crippen LogP contribution in [0.1, 0.15) is 61.2 Å². The minimum atomic E-state index is -0.0529. The Kier molecular flexibility index (Phi) is 7.53. The molecule has 5 rings (SSSR count). The van der Waals surface area contributed by atoms with Gasteiger partial charge in [0.15, 0.2) is 5.82 Å². The van der Waals surface area contributed by atoms with E-state index in [0.29, 0.717) is 13.1 Å². The van der Waals surface area contributed by atoms with E-state index >= 15 is 0 Å². The van der Waals surface area contributed by atoms with Crippen molar-refractivity contribution in [3.8, 4) is 0 Å². The lowest BCUT2D eigenvalue weighted by Gasteiger charge is -2.32. The van der Waals surface area contributed by atoms with Crippen molar-refractivity contribution < 1.29 is 4.74 Å². The zero-order chi connectivity index (χ0) is 24.9. The lowest BCUT2D eigenvalue weighted by molar-refractivity contribution is 0.0476. The number of nitrogens with zero attached hydrogens (tertiary/aromatic N) is 5. The molecule has 0 unspecified atom stereocenters. The summed E-state index contributed by atoms with van der Waals surface area (Å²) in [5.74, 6) is 0.826. The second-order valence-electron chi connectivity index (χ2n) is 9.76. The molecule has 0 radical (unpaired) electrons. The Hall–Kier alpha value is -3.36. The molecule has 0 spiro atoms. The lowest BCUT2D eigenvalue weighted by Crippen LogP contribution is -2.38. The maximum atomic E-state index is 13.1. The Bertz CT molecular complexity index is 1340. The average Bonchev–Trinajstić information content (AvgIpc) is 3.56. The fourth-order valence-electron chi connectivity index (χ4n) is 5.13. The van der Waals surface area contributed by atoms with Crippen LogP contribution in [0.4, 0.5) is 0 Å². The van der Waals surface area contributed by atoms with E-state index in [2.05, 4.69) is 57.5 Å². The van der Waals surface area contributed by atoms with Crippen LogP contribution in [0.2, 0.25) is 0 Å². The minimum Gasteiger partial charge on any atom is -0.377 e. The van der Waals surface area contributed by atoms with Crippen LogP contribution in [0.3, 0.4) is 0 Å². The highest BCUT2D eigenvalue weighted by molar-refractivity contribution is 5.79. The normalized spacial score (nSPS) is 16.7. The van der Waals surface area contributed by atoms with Crippen LogP contribution in [0, 0.1) is 6.92 Å². The molecule has 8 heteroatoms. The SMILES string of the molecule is CCC[C@@H](c1nnnn1Cc1ccccc1)N(Cc1cc2cc(C)ccc2[nH]c1=O)C[C@H]1CCCO1. The number of nitrogens with one attached hydrogen (secondary N) is 1. The summed E-state index contributed by atoms with van der Waals surface area (Å²) in [5.41, 5.74) is 3.86. The Morgan fingerprint density at radius 2 is 2.06 bits per heavy atom. The molecule has 3 heterocycles. The van der Waals surface area contributed by atoms with Gasteiger partial charge in [0.05, 0.1) is 18.7 Å². The number of hydrogen-bond donors (Lipinski definition) is 1. The average molecular weight is 487 g/mol. The molecule has 0 saturated carbocycles. The first-order valence-corrected chi connectivity index (χ1v) is 12.9. The van der Waals surface area contributed by atoms with Crippen molar-refractivity contribution >= 4 is 10.9 Å². The first kappa shape index (κ1) is 24.3. The number of pyridine rings is 1. The van der Waals surface area contributed by atoms with Gasteiger partial charge in [0, 0.05) is 30.8 Å². The van der Waals surface area contributed by atoms with Crippen molar-refractivity contribution in [1.82, 2.24) is 30.1 Å². The zero-order valence-electron chi connectivity index (χ0n) is 21.1. The number of fused-ring (bicyclic) bond motifs is 1. The molecule has 2 aromatic heterocycles. The number of aryl methyl sites for hydroxylation is 1. The van der Waals surface area contributed by atoms with Gasteiger partial charge in [-0.25, -0.2) is 4.68 Å².